The summed E-state index contributed by atoms with van der Waals surface area (Å²) in [5, 5.41) is 11.9. The Morgan fingerprint density at radius 3 is 2.23 bits per heavy atom. The van der Waals surface area contributed by atoms with E-state index in [4.69, 9.17) is 20.3 Å². The molecule has 2 aliphatic heterocycles. The molecule has 10 nitrogen and oxygen atoms in total. The van der Waals surface area contributed by atoms with E-state index >= 15 is 0 Å². The van der Waals surface area contributed by atoms with Crippen LogP contribution in [0.25, 0.3) is 11.3 Å². The summed E-state index contributed by atoms with van der Waals surface area (Å²) in [6, 6.07) is 18.0. The number of ether oxygens (including phenoxy) is 2. The van der Waals surface area contributed by atoms with Gasteiger partial charge in [0.25, 0.3) is 5.91 Å². The van der Waals surface area contributed by atoms with Gasteiger partial charge in [0.2, 0.25) is 0 Å². The smallest absolute Gasteiger partial charge is 0.335 e. The number of aromatic nitrogens is 1. The van der Waals surface area contributed by atoms with Crippen LogP contribution in [0.4, 0.5) is 5.69 Å². The van der Waals surface area contributed by atoms with E-state index in [1.54, 1.807) is 32.4 Å². The van der Waals surface area contributed by atoms with Crippen molar-refractivity contribution in [2.75, 3.05) is 59.2 Å². The third-order valence-electron chi connectivity index (χ3n) is 7.23. The molecule has 0 aliphatic carbocycles. The quantitative estimate of drug-likeness (QED) is 0.398. The van der Waals surface area contributed by atoms with Crippen molar-refractivity contribution in [3.05, 3.63) is 71.9 Å². The highest BCUT2D eigenvalue weighted by atomic mass is 16.5. The molecule has 40 heavy (non-hydrogen) atoms. The number of piperazine rings is 1. The van der Waals surface area contributed by atoms with E-state index < -0.39 is 5.97 Å². The number of carbonyl (C=O) groups is 2. The van der Waals surface area contributed by atoms with Gasteiger partial charge in [-0.05, 0) is 80.5 Å². The van der Waals surface area contributed by atoms with Crippen molar-refractivity contribution in [3.63, 3.8) is 0 Å². The predicted octanol–water partition coefficient (Wildman–Crippen LogP) is 3.24. The van der Waals surface area contributed by atoms with Gasteiger partial charge in [0.05, 0.1) is 25.5 Å². The van der Waals surface area contributed by atoms with Crippen LogP contribution in [0.15, 0.2) is 60.7 Å². The summed E-state index contributed by atoms with van der Waals surface area (Å²) >= 11 is 0. The van der Waals surface area contributed by atoms with Crippen LogP contribution in [0.5, 0.6) is 11.5 Å². The van der Waals surface area contributed by atoms with Crippen LogP contribution in [0, 0.1) is 0 Å². The van der Waals surface area contributed by atoms with Gasteiger partial charge in [0, 0.05) is 43.5 Å². The van der Waals surface area contributed by atoms with Gasteiger partial charge >= 0.3 is 5.97 Å². The Bertz CT molecular complexity index is 1290. The average Bonchev–Trinajstić information content (AvgIpc) is 3.01. The third-order valence-corrected chi connectivity index (χ3v) is 7.23. The molecular formula is C30H37N5O5. The van der Waals surface area contributed by atoms with Gasteiger partial charge in [-0.15, -0.1) is 0 Å². The number of nitrogens with two attached hydrogens (primary N) is 1. The second kappa shape index (κ2) is 13.8. The number of benzene rings is 2. The molecule has 1 aromatic heterocycles. The summed E-state index contributed by atoms with van der Waals surface area (Å²) in [6.45, 7) is 5.57. The number of nitrogens with zero attached hydrogens (tertiary/aromatic N) is 3. The molecular weight excluding hydrogens is 510 g/mol. The Morgan fingerprint density at radius 1 is 0.925 bits per heavy atom. The largest absolute Gasteiger partial charge is 0.493 e. The number of aromatic carboxylic acids is 1. The van der Waals surface area contributed by atoms with Crippen LogP contribution in [-0.2, 0) is 0 Å². The maximum atomic E-state index is 13.1. The molecule has 0 atom stereocenters. The number of nitrogens with one attached hydrogen (secondary N) is 1. The number of hydrogen-bond acceptors (Lipinski definition) is 8. The van der Waals surface area contributed by atoms with Gasteiger partial charge in [-0.1, -0.05) is 6.07 Å². The number of carboxylic acid groups (broad SMARTS) is 1. The van der Waals surface area contributed by atoms with E-state index in [0.29, 0.717) is 28.9 Å². The monoisotopic (exact) mass is 547 g/mol. The second-order valence-electron chi connectivity index (χ2n) is 9.71. The average molecular weight is 548 g/mol. The summed E-state index contributed by atoms with van der Waals surface area (Å²) in [4.78, 5) is 32.5. The second-order valence-corrected chi connectivity index (χ2v) is 9.71. The van der Waals surface area contributed by atoms with E-state index in [-0.39, 0.29) is 11.5 Å². The molecule has 1 amide bonds. The summed E-state index contributed by atoms with van der Waals surface area (Å²) < 4.78 is 10.7. The lowest BCUT2D eigenvalue weighted by molar-refractivity contribution is 0.0527. The first-order valence-electron chi connectivity index (χ1n) is 13.4. The minimum atomic E-state index is -0.931. The zero-order valence-electron chi connectivity index (χ0n) is 23.0. The SMILES string of the molecule is COc1ccc(-c2cccc(C(=O)N3CCN(C4CCNCC4)CC3)n2)cc1OC.Nc1ccc(C(=O)O)cc1. The fraction of sp³-hybridized carbons (Fsp3) is 0.367. The van der Waals surface area contributed by atoms with Gasteiger partial charge in [0.1, 0.15) is 5.69 Å². The lowest BCUT2D eigenvalue weighted by Gasteiger charge is -2.40. The summed E-state index contributed by atoms with van der Waals surface area (Å²) in [7, 11) is 3.22. The van der Waals surface area contributed by atoms with Crippen molar-refractivity contribution >= 4 is 17.6 Å². The maximum absolute atomic E-state index is 13.1. The molecule has 0 unspecified atom stereocenters. The van der Waals surface area contributed by atoms with E-state index in [2.05, 4.69) is 15.2 Å². The fourth-order valence-electron chi connectivity index (χ4n) is 4.96. The van der Waals surface area contributed by atoms with Crippen LogP contribution in [0.3, 0.4) is 0 Å². The molecule has 0 bridgehead atoms. The highest BCUT2D eigenvalue weighted by Gasteiger charge is 2.28. The van der Waals surface area contributed by atoms with Crippen LogP contribution in [0.1, 0.15) is 33.7 Å². The summed E-state index contributed by atoms with van der Waals surface area (Å²) in [5.41, 5.74) is 8.28. The number of methoxy groups -OCH3 is 2. The normalized spacial score (nSPS) is 16.0. The topological polar surface area (TPSA) is 130 Å². The minimum absolute atomic E-state index is 0.00212. The lowest BCUT2D eigenvalue weighted by Crippen LogP contribution is -2.54. The van der Waals surface area contributed by atoms with Crippen molar-refractivity contribution in [3.8, 4) is 22.8 Å². The first-order valence-corrected chi connectivity index (χ1v) is 13.4. The predicted molar refractivity (Wildman–Crippen MR) is 154 cm³/mol. The molecule has 10 heteroatoms. The Morgan fingerprint density at radius 2 is 1.60 bits per heavy atom. The molecule has 0 radical (unpaired) electrons. The summed E-state index contributed by atoms with van der Waals surface area (Å²) in [5.74, 6) is 0.380. The molecule has 2 saturated heterocycles. The standard InChI is InChI=1S/C23H30N4O3.C7H7NO2/c1-29-21-7-6-17(16-22(21)30-2)19-4-3-5-20(25-19)23(28)27-14-12-26(13-15-27)18-8-10-24-11-9-18;8-6-3-1-5(2-4-6)7(9)10/h3-7,16,18,24H,8-15H2,1-2H3;1-4H,8H2,(H,9,10). The van der Waals surface area contributed by atoms with E-state index in [1.165, 1.54) is 25.0 Å². The zero-order valence-corrected chi connectivity index (χ0v) is 23.0. The zero-order chi connectivity index (χ0) is 28.5. The third kappa shape index (κ3) is 7.28. The molecule has 0 saturated carbocycles. The van der Waals surface area contributed by atoms with Gasteiger partial charge in [0.15, 0.2) is 11.5 Å². The van der Waals surface area contributed by atoms with Crippen molar-refractivity contribution in [2.24, 2.45) is 0 Å². The molecule has 3 aromatic rings. The van der Waals surface area contributed by atoms with Crippen LogP contribution >= 0.6 is 0 Å². The number of piperidine rings is 1. The van der Waals surface area contributed by atoms with Crippen molar-refractivity contribution in [1.82, 2.24) is 20.1 Å². The minimum Gasteiger partial charge on any atom is -0.493 e. The highest BCUT2D eigenvalue weighted by molar-refractivity contribution is 5.93. The number of rotatable bonds is 6. The van der Waals surface area contributed by atoms with Crippen LogP contribution in [0.2, 0.25) is 0 Å². The Labute approximate surface area is 234 Å². The molecule has 2 fully saturated rings. The first-order chi connectivity index (χ1) is 19.4. The molecule has 4 N–H and O–H groups in total. The number of anilines is 1. The maximum Gasteiger partial charge on any atom is 0.335 e. The van der Waals surface area contributed by atoms with E-state index in [0.717, 1.165) is 50.5 Å². The van der Waals surface area contributed by atoms with Crippen molar-refractivity contribution < 1.29 is 24.2 Å². The number of pyridine rings is 1. The van der Waals surface area contributed by atoms with Crippen molar-refractivity contribution in [2.45, 2.75) is 18.9 Å². The molecule has 5 rings (SSSR count). The molecule has 2 aliphatic rings. The Kier molecular flexibility index (Phi) is 9.93. The van der Waals surface area contributed by atoms with Gasteiger partial charge < -0.3 is 30.5 Å². The van der Waals surface area contributed by atoms with Gasteiger partial charge in [-0.2, -0.15) is 0 Å². The Hall–Kier alpha value is -4.15. The molecule has 2 aromatic carbocycles. The van der Waals surface area contributed by atoms with Crippen LogP contribution < -0.4 is 20.5 Å². The van der Waals surface area contributed by atoms with E-state index in [9.17, 15) is 9.59 Å². The number of amides is 1. The molecule has 0 spiro atoms. The number of hydrogen-bond donors (Lipinski definition) is 3. The highest BCUT2D eigenvalue weighted by Crippen LogP contribution is 2.31. The first kappa shape index (κ1) is 28.8. The van der Waals surface area contributed by atoms with Gasteiger partial charge in [-0.25, -0.2) is 9.78 Å². The van der Waals surface area contributed by atoms with Gasteiger partial charge in [-0.3, -0.25) is 9.69 Å². The molecule has 3 heterocycles. The number of carboxylic acids is 1. The fourth-order valence-corrected chi connectivity index (χ4v) is 4.96. The van der Waals surface area contributed by atoms with Crippen molar-refractivity contribution in [1.29, 1.82) is 0 Å². The Balaban J connectivity index is 0.000000312. The number of nitrogen functional groups attached to an aromatic ring is 1. The van der Waals surface area contributed by atoms with Crippen LogP contribution in [-0.4, -0.2) is 91.3 Å². The number of carbonyl (C=O) groups excluding carboxylic acids is 1. The lowest BCUT2D eigenvalue weighted by atomic mass is 10.0. The van der Waals surface area contributed by atoms with E-state index in [1.807, 2.05) is 35.2 Å². The molecule has 212 valence electrons. The summed E-state index contributed by atoms with van der Waals surface area (Å²) in [6.07, 6.45) is 2.39.